The van der Waals surface area contributed by atoms with Gasteiger partial charge in [-0.3, -0.25) is 24.1 Å². The van der Waals surface area contributed by atoms with Crippen molar-refractivity contribution in [2.45, 2.75) is 63.0 Å². The fourth-order valence-corrected chi connectivity index (χ4v) is 7.85. The van der Waals surface area contributed by atoms with E-state index < -0.39 is 53.6 Å². The SMILES string of the molecule is CC[C@H](C)[C@H](CO)N1C(=O)[C@@H]2[C@H]3C(=O)O[C@H](c4ccccc4)CNC(=O)CC/C=C\[C@H]3O[C@@]23C=CCN(CCN2CCOCC2)C(=O)[C@@H]13. The van der Waals surface area contributed by atoms with E-state index in [0.717, 1.165) is 13.1 Å². The third-order valence-corrected chi connectivity index (χ3v) is 10.7. The Morgan fingerprint density at radius 1 is 1.04 bits per heavy atom. The Balaban J connectivity index is 1.39. The van der Waals surface area contributed by atoms with E-state index in [4.69, 9.17) is 14.2 Å². The van der Waals surface area contributed by atoms with E-state index in [1.807, 2.05) is 56.3 Å². The highest BCUT2D eigenvalue weighted by molar-refractivity contribution is 5.99. The van der Waals surface area contributed by atoms with Crippen LogP contribution in [0.5, 0.6) is 0 Å². The first-order chi connectivity index (χ1) is 23.3. The standard InChI is InChI=1S/C36H48N4O8/c1-3-24(2)26(23-41)40-32-34(44)39(17-16-38-18-20-46-21-19-38)15-9-14-36(32)31(33(40)43)30-27(48-36)12-7-8-13-29(42)37-22-28(47-35(30)45)25-10-5-4-6-11-25/h4-7,9-12,14,24,26-28,30-32,41H,3,8,13,15-23H2,1-2H3,(H,37,42)/b12-7-/t24-,26-,27+,28-,30-,31-,32+,36-/m0/s1. The summed E-state index contributed by atoms with van der Waals surface area (Å²) in [6, 6.07) is 7.44. The third-order valence-electron chi connectivity index (χ3n) is 10.7. The largest absolute Gasteiger partial charge is 0.455 e. The number of hydrogen-bond donors (Lipinski definition) is 2. The molecule has 1 aromatic carbocycles. The number of esters is 1. The van der Waals surface area contributed by atoms with Gasteiger partial charge in [-0.25, -0.2) is 0 Å². The van der Waals surface area contributed by atoms with Crippen LogP contribution in [0.4, 0.5) is 0 Å². The molecule has 260 valence electrons. The van der Waals surface area contributed by atoms with Gasteiger partial charge in [0.2, 0.25) is 17.7 Å². The Labute approximate surface area is 282 Å². The van der Waals surface area contributed by atoms with Gasteiger partial charge in [-0.1, -0.05) is 74.9 Å². The third kappa shape index (κ3) is 6.55. The number of aliphatic hydroxyl groups is 1. The monoisotopic (exact) mass is 664 g/mol. The molecule has 12 heteroatoms. The predicted octanol–water partition coefficient (Wildman–Crippen LogP) is 1.46. The van der Waals surface area contributed by atoms with Crippen LogP contribution in [0.15, 0.2) is 54.6 Å². The van der Waals surface area contributed by atoms with E-state index in [2.05, 4.69) is 10.2 Å². The lowest BCUT2D eigenvalue weighted by Crippen LogP contribution is -2.59. The average molecular weight is 665 g/mol. The van der Waals surface area contributed by atoms with Crippen molar-refractivity contribution in [3.8, 4) is 0 Å². The lowest BCUT2D eigenvalue weighted by Gasteiger charge is -2.40. The molecule has 3 amide bonds. The molecule has 5 heterocycles. The molecule has 0 aliphatic carbocycles. The molecule has 3 fully saturated rings. The summed E-state index contributed by atoms with van der Waals surface area (Å²) >= 11 is 0. The summed E-state index contributed by atoms with van der Waals surface area (Å²) in [5, 5.41) is 13.6. The van der Waals surface area contributed by atoms with E-state index in [1.54, 1.807) is 17.1 Å². The Hall–Kier alpha value is -3.58. The number of likely N-dealkylation sites (tertiary alicyclic amines) is 1. The number of fused-ring (bicyclic) bond motifs is 2. The van der Waals surface area contributed by atoms with Crippen LogP contribution in [0.2, 0.25) is 0 Å². The maximum atomic E-state index is 14.8. The molecule has 0 bridgehead atoms. The Kier molecular flexibility index (Phi) is 10.6. The highest BCUT2D eigenvalue weighted by atomic mass is 16.6. The Bertz CT molecular complexity index is 1400. The summed E-state index contributed by atoms with van der Waals surface area (Å²) in [5.74, 6) is -3.71. The summed E-state index contributed by atoms with van der Waals surface area (Å²) in [6.07, 6.45) is 6.86. The Morgan fingerprint density at radius 3 is 2.54 bits per heavy atom. The number of rotatable bonds is 8. The molecule has 0 aromatic heterocycles. The number of benzene rings is 1. The lowest BCUT2D eigenvalue weighted by molar-refractivity contribution is -0.161. The smallest absolute Gasteiger partial charge is 0.313 e. The number of carbonyl (C=O) groups excluding carboxylic acids is 4. The second-order valence-corrected chi connectivity index (χ2v) is 13.5. The number of hydrogen-bond acceptors (Lipinski definition) is 9. The molecular formula is C36H48N4O8. The normalized spacial score (nSPS) is 33.4. The first-order valence-electron chi connectivity index (χ1n) is 17.3. The van der Waals surface area contributed by atoms with E-state index in [0.29, 0.717) is 51.3 Å². The van der Waals surface area contributed by atoms with Gasteiger partial charge in [0.05, 0.1) is 44.4 Å². The van der Waals surface area contributed by atoms with Crippen LogP contribution in [0, 0.1) is 17.8 Å². The van der Waals surface area contributed by atoms with Crippen molar-refractivity contribution in [2.75, 3.05) is 59.1 Å². The van der Waals surface area contributed by atoms with Crippen molar-refractivity contribution >= 4 is 23.7 Å². The highest BCUT2D eigenvalue weighted by Gasteiger charge is 2.72. The van der Waals surface area contributed by atoms with Crippen LogP contribution < -0.4 is 5.32 Å². The van der Waals surface area contributed by atoms with Gasteiger partial charge in [0.1, 0.15) is 23.7 Å². The minimum absolute atomic E-state index is 0.0755. The second kappa shape index (κ2) is 14.9. The summed E-state index contributed by atoms with van der Waals surface area (Å²) in [4.78, 5) is 62.1. The number of cyclic esters (lactones) is 1. The van der Waals surface area contributed by atoms with Gasteiger partial charge in [0, 0.05) is 39.1 Å². The average Bonchev–Trinajstić information content (AvgIpc) is 3.49. The molecule has 6 rings (SSSR count). The molecule has 0 unspecified atom stereocenters. The number of allylic oxidation sites excluding steroid dienone is 1. The predicted molar refractivity (Wildman–Crippen MR) is 175 cm³/mol. The minimum Gasteiger partial charge on any atom is -0.455 e. The molecule has 5 aliphatic rings. The summed E-state index contributed by atoms with van der Waals surface area (Å²) < 4.78 is 18.5. The zero-order chi connectivity index (χ0) is 33.8. The number of morpholine rings is 1. The number of ether oxygens (including phenoxy) is 3. The number of carbonyl (C=O) groups is 4. The lowest BCUT2D eigenvalue weighted by atomic mass is 9.77. The summed E-state index contributed by atoms with van der Waals surface area (Å²) in [7, 11) is 0. The minimum atomic E-state index is -1.46. The number of aliphatic hydroxyl groups excluding tert-OH is 1. The van der Waals surface area contributed by atoms with Gasteiger partial charge in [-0.15, -0.1) is 0 Å². The zero-order valence-corrected chi connectivity index (χ0v) is 27.9. The van der Waals surface area contributed by atoms with Crippen LogP contribution in [-0.4, -0.2) is 126 Å². The van der Waals surface area contributed by atoms with E-state index in [9.17, 15) is 24.3 Å². The molecule has 48 heavy (non-hydrogen) atoms. The van der Waals surface area contributed by atoms with Crippen molar-refractivity contribution in [1.82, 2.24) is 20.0 Å². The first-order valence-corrected chi connectivity index (χ1v) is 17.3. The number of nitrogens with zero attached hydrogens (tertiary/aromatic N) is 3. The van der Waals surface area contributed by atoms with Crippen LogP contribution in [0.1, 0.15) is 44.8 Å². The maximum absolute atomic E-state index is 14.8. The molecule has 0 radical (unpaired) electrons. The van der Waals surface area contributed by atoms with Crippen LogP contribution in [-0.2, 0) is 33.4 Å². The number of nitrogens with one attached hydrogen (secondary N) is 1. The summed E-state index contributed by atoms with van der Waals surface area (Å²) in [5.41, 5.74) is -0.753. The van der Waals surface area contributed by atoms with Gasteiger partial charge >= 0.3 is 5.97 Å². The zero-order valence-electron chi connectivity index (χ0n) is 27.9. The molecule has 12 nitrogen and oxygen atoms in total. The van der Waals surface area contributed by atoms with Crippen molar-refractivity contribution in [1.29, 1.82) is 0 Å². The van der Waals surface area contributed by atoms with Crippen molar-refractivity contribution in [3.63, 3.8) is 0 Å². The van der Waals surface area contributed by atoms with Crippen LogP contribution in [0.3, 0.4) is 0 Å². The highest BCUT2D eigenvalue weighted by Crippen LogP contribution is 2.54. The van der Waals surface area contributed by atoms with E-state index in [1.165, 1.54) is 4.90 Å². The van der Waals surface area contributed by atoms with Gasteiger partial charge < -0.3 is 34.4 Å². The molecule has 1 spiro atoms. The fraction of sp³-hybridized carbons (Fsp3) is 0.611. The first kappa shape index (κ1) is 34.3. The number of amides is 3. The van der Waals surface area contributed by atoms with E-state index in [-0.39, 0.29) is 37.3 Å². The van der Waals surface area contributed by atoms with Gasteiger partial charge in [-0.05, 0) is 17.9 Å². The van der Waals surface area contributed by atoms with Crippen molar-refractivity contribution in [3.05, 3.63) is 60.2 Å². The van der Waals surface area contributed by atoms with Gasteiger partial charge in [-0.2, -0.15) is 0 Å². The topological polar surface area (TPSA) is 138 Å². The molecular weight excluding hydrogens is 616 g/mol. The Morgan fingerprint density at radius 2 is 1.81 bits per heavy atom. The molecule has 1 aromatic rings. The summed E-state index contributed by atoms with van der Waals surface area (Å²) in [6.45, 7) is 7.97. The van der Waals surface area contributed by atoms with Crippen LogP contribution >= 0.6 is 0 Å². The van der Waals surface area contributed by atoms with Crippen LogP contribution in [0.25, 0.3) is 0 Å². The molecule has 8 atom stereocenters. The molecule has 5 aliphatic heterocycles. The molecule has 3 saturated heterocycles. The van der Waals surface area contributed by atoms with Gasteiger partial charge in [0.25, 0.3) is 0 Å². The van der Waals surface area contributed by atoms with Gasteiger partial charge in [0.15, 0.2) is 0 Å². The second-order valence-electron chi connectivity index (χ2n) is 13.5. The maximum Gasteiger partial charge on any atom is 0.313 e. The van der Waals surface area contributed by atoms with Crippen molar-refractivity contribution < 1.29 is 38.5 Å². The molecule has 0 saturated carbocycles. The fourth-order valence-electron chi connectivity index (χ4n) is 7.85. The quantitative estimate of drug-likeness (QED) is 0.313. The molecule has 2 N–H and O–H groups in total. The van der Waals surface area contributed by atoms with E-state index >= 15 is 0 Å². The van der Waals surface area contributed by atoms with Crippen molar-refractivity contribution in [2.24, 2.45) is 17.8 Å².